The maximum Gasteiger partial charge on any atom is 0.233 e. The number of nitrogens with zero attached hydrogens (tertiary/aromatic N) is 2. The van der Waals surface area contributed by atoms with Crippen molar-refractivity contribution in [3.63, 3.8) is 0 Å². The number of Topliss-reactive ketones (excluding diaryl/α,β-unsaturated/α-hetero) is 1. The molecule has 1 aromatic heterocycles. The topological polar surface area (TPSA) is 82.8 Å². The molecule has 21 heavy (non-hydrogen) atoms. The molecule has 0 aliphatic carbocycles. The summed E-state index contributed by atoms with van der Waals surface area (Å²) >= 11 is 1.20. The normalized spacial score (nSPS) is 11.3. The van der Waals surface area contributed by atoms with Crippen LogP contribution in [-0.4, -0.2) is 28.5 Å². The molecule has 0 spiro atoms. The average Bonchev–Trinajstić information content (AvgIpc) is 2.44. The van der Waals surface area contributed by atoms with E-state index in [0.717, 1.165) is 0 Å². The van der Waals surface area contributed by atoms with Gasteiger partial charge in [0.2, 0.25) is 5.91 Å². The van der Waals surface area contributed by atoms with Gasteiger partial charge in [0, 0.05) is 17.8 Å². The highest BCUT2D eigenvalue weighted by molar-refractivity contribution is 8.00. The van der Waals surface area contributed by atoms with Gasteiger partial charge in [-0.25, -0.2) is 4.98 Å². The van der Waals surface area contributed by atoms with Crippen LogP contribution in [-0.2, 0) is 4.79 Å². The summed E-state index contributed by atoms with van der Waals surface area (Å²) in [5, 5.41) is 11.9. The molecule has 0 radical (unpaired) electrons. The molecule has 110 valence electrons. The van der Waals surface area contributed by atoms with E-state index in [4.69, 9.17) is 0 Å². The summed E-state index contributed by atoms with van der Waals surface area (Å²) in [6.45, 7) is 8.81. The van der Waals surface area contributed by atoms with Crippen LogP contribution in [0.4, 0.5) is 0 Å². The standard InChI is InChI=1S/C15H17N3O2S/c1-5-6-17-14(20)11(4)21-15-12(8-16)7-13(10(3)19)9(2)18-15/h5,7,11H,1,6H2,2-4H3,(H,17,20)/t11-/m1/s1. The Morgan fingerprint density at radius 1 is 1.62 bits per heavy atom. The zero-order chi connectivity index (χ0) is 16.0. The zero-order valence-corrected chi connectivity index (χ0v) is 13.1. The van der Waals surface area contributed by atoms with E-state index in [1.165, 1.54) is 24.8 Å². The Balaban J connectivity index is 3.01. The first kappa shape index (κ1) is 16.9. The monoisotopic (exact) mass is 303 g/mol. The summed E-state index contributed by atoms with van der Waals surface area (Å²) in [5.41, 5.74) is 1.29. The third-order valence-electron chi connectivity index (χ3n) is 2.76. The van der Waals surface area contributed by atoms with Crippen molar-refractivity contribution in [2.24, 2.45) is 0 Å². The lowest BCUT2D eigenvalue weighted by molar-refractivity contribution is -0.120. The summed E-state index contributed by atoms with van der Waals surface area (Å²) in [4.78, 5) is 27.6. The van der Waals surface area contributed by atoms with Crippen LogP contribution in [0.5, 0.6) is 0 Å². The first-order valence-corrected chi connectivity index (χ1v) is 7.26. The van der Waals surface area contributed by atoms with E-state index in [0.29, 0.717) is 28.4 Å². The Kier molecular flexibility index (Phi) is 6.12. The number of amides is 1. The van der Waals surface area contributed by atoms with Gasteiger partial charge in [-0.3, -0.25) is 9.59 Å². The minimum Gasteiger partial charge on any atom is -0.352 e. The van der Waals surface area contributed by atoms with Gasteiger partial charge in [-0.1, -0.05) is 17.8 Å². The number of hydrogen-bond donors (Lipinski definition) is 1. The number of nitriles is 1. The Morgan fingerprint density at radius 3 is 2.81 bits per heavy atom. The fourth-order valence-corrected chi connectivity index (χ4v) is 2.59. The minimum absolute atomic E-state index is 0.134. The van der Waals surface area contributed by atoms with Crippen molar-refractivity contribution >= 4 is 23.5 Å². The van der Waals surface area contributed by atoms with Crippen molar-refractivity contribution < 1.29 is 9.59 Å². The molecular formula is C15H17N3O2S. The van der Waals surface area contributed by atoms with E-state index in [1.807, 2.05) is 6.07 Å². The van der Waals surface area contributed by atoms with Crippen molar-refractivity contribution in [3.8, 4) is 6.07 Å². The van der Waals surface area contributed by atoms with Gasteiger partial charge in [-0.05, 0) is 26.8 Å². The molecule has 0 aromatic carbocycles. The van der Waals surface area contributed by atoms with Crippen LogP contribution in [0.25, 0.3) is 0 Å². The van der Waals surface area contributed by atoms with Gasteiger partial charge < -0.3 is 5.32 Å². The molecule has 1 heterocycles. The number of aromatic nitrogens is 1. The van der Waals surface area contributed by atoms with Crippen LogP contribution in [0.2, 0.25) is 0 Å². The molecule has 0 fully saturated rings. The Hall–Kier alpha value is -2.13. The number of thioether (sulfide) groups is 1. The van der Waals surface area contributed by atoms with Crippen molar-refractivity contribution in [1.29, 1.82) is 5.26 Å². The summed E-state index contributed by atoms with van der Waals surface area (Å²) in [5.74, 6) is -0.288. The second kappa shape index (κ2) is 7.60. The van der Waals surface area contributed by atoms with Crippen LogP contribution in [0.3, 0.4) is 0 Å². The number of carbonyl (C=O) groups excluding carboxylic acids is 2. The Bertz CT molecular complexity index is 620. The number of carbonyl (C=O) groups is 2. The summed E-state index contributed by atoms with van der Waals surface area (Å²) in [7, 11) is 0. The molecule has 6 heteroatoms. The third kappa shape index (κ3) is 4.43. The quantitative estimate of drug-likeness (QED) is 0.495. The second-order valence-electron chi connectivity index (χ2n) is 4.44. The van der Waals surface area contributed by atoms with Gasteiger partial charge in [-0.2, -0.15) is 5.26 Å². The molecular weight excluding hydrogens is 286 g/mol. The molecule has 1 rings (SSSR count). The van der Waals surface area contributed by atoms with E-state index >= 15 is 0 Å². The highest BCUT2D eigenvalue weighted by atomic mass is 32.2. The van der Waals surface area contributed by atoms with Crippen molar-refractivity contribution in [3.05, 3.63) is 35.5 Å². The van der Waals surface area contributed by atoms with Crippen molar-refractivity contribution in [2.75, 3.05) is 6.54 Å². The van der Waals surface area contributed by atoms with E-state index in [2.05, 4.69) is 16.9 Å². The predicted molar refractivity (Wildman–Crippen MR) is 82.2 cm³/mol. The molecule has 0 aliphatic heterocycles. The lowest BCUT2D eigenvalue weighted by Gasteiger charge is -2.12. The van der Waals surface area contributed by atoms with Crippen LogP contribution < -0.4 is 5.32 Å². The highest BCUT2D eigenvalue weighted by Crippen LogP contribution is 2.26. The fraction of sp³-hybridized carbons (Fsp3) is 0.333. The molecule has 0 saturated heterocycles. The molecule has 0 saturated carbocycles. The second-order valence-corrected chi connectivity index (χ2v) is 5.77. The smallest absolute Gasteiger partial charge is 0.233 e. The molecule has 0 unspecified atom stereocenters. The summed E-state index contributed by atoms with van der Waals surface area (Å²) in [6.07, 6.45) is 1.60. The zero-order valence-electron chi connectivity index (χ0n) is 12.3. The number of nitrogens with one attached hydrogen (secondary N) is 1. The van der Waals surface area contributed by atoms with E-state index < -0.39 is 5.25 Å². The van der Waals surface area contributed by atoms with Gasteiger partial charge in [0.25, 0.3) is 0 Å². The van der Waals surface area contributed by atoms with Gasteiger partial charge in [0.05, 0.1) is 10.8 Å². The highest BCUT2D eigenvalue weighted by Gasteiger charge is 2.19. The Morgan fingerprint density at radius 2 is 2.29 bits per heavy atom. The number of pyridine rings is 1. The molecule has 5 nitrogen and oxygen atoms in total. The van der Waals surface area contributed by atoms with Gasteiger partial charge in [0.1, 0.15) is 11.1 Å². The molecule has 0 aliphatic rings. The van der Waals surface area contributed by atoms with E-state index in [1.54, 1.807) is 19.9 Å². The van der Waals surface area contributed by atoms with E-state index in [-0.39, 0.29) is 11.7 Å². The lowest BCUT2D eigenvalue weighted by atomic mass is 10.1. The van der Waals surface area contributed by atoms with Crippen LogP contribution in [0.1, 0.15) is 35.5 Å². The Labute approximate surface area is 128 Å². The molecule has 1 aromatic rings. The molecule has 1 atom stereocenters. The first-order valence-electron chi connectivity index (χ1n) is 6.38. The molecule has 0 bridgehead atoms. The van der Waals surface area contributed by atoms with Crippen LogP contribution in [0, 0.1) is 18.3 Å². The fourth-order valence-electron chi connectivity index (χ4n) is 1.65. The van der Waals surface area contributed by atoms with Crippen molar-refractivity contribution in [1.82, 2.24) is 10.3 Å². The first-order chi connectivity index (χ1) is 9.90. The van der Waals surface area contributed by atoms with Gasteiger partial charge >= 0.3 is 0 Å². The van der Waals surface area contributed by atoms with Crippen LogP contribution in [0.15, 0.2) is 23.7 Å². The van der Waals surface area contributed by atoms with Crippen LogP contribution >= 0.6 is 11.8 Å². The minimum atomic E-state index is -0.396. The number of aryl methyl sites for hydroxylation is 1. The molecule has 1 N–H and O–H groups in total. The summed E-state index contributed by atoms with van der Waals surface area (Å²) in [6, 6.07) is 3.55. The number of ketones is 1. The third-order valence-corrected chi connectivity index (χ3v) is 3.86. The van der Waals surface area contributed by atoms with E-state index in [9.17, 15) is 14.9 Å². The lowest BCUT2D eigenvalue weighted by Crippen LogP contribution is -2.31. The van der Waals surface area contributed by atoms with Gasteiger partial charge in [-0.15, -0.1) is 6.58 Å². The maximum atomic E-state index is 11.8. The summed E-state index contributed by atoms with van der Waals surface area (Å²) < 4.78 is 0. The average molecular weight is 303 g/mol. The SMILES string of the molecule is C=CCNC(=O)[C@@H](C)Sc1nc(C)c(C(C)=O)cc1C#N. The predicted octanol–water partition coefficient (Wildman–Crippen LogP) is 2.25. The maximum absolute atomic E-state index is 11.8. The largest absolute Gasteiger partial charge is 0.352 e. The van der Waals surface area contributed by atoms with Crippen molar-refractivity contribution in [2.45, 2.75) is 31.0 Å². The number of hydrogen-bond acceptors (Lipinski definition) is 5. The van der Waals surface area contributed by atoms with Gasteiger partial charge in [0.15, 0.2) is 5.78 Å². The molecule has 1 amide bonds. The number of rotatable bonds is 6.